The van der Waals surface area contributed by atoms with Crippen LogP contribution in [0.3, 0.4) is 0 Å². The number of carboxylic acid groups (broad SMARTS) is 2. The zero-order valence-corrected chi connectivity index (χ0v) is 16.0. The summed E-state index contributed by atoms with van der Waals surface area (Å²) in [6, 6.07) is 11.8. The SMILES string of the molecule is O=C(O)COc1ccccc1C=C1C(=O)NC(=S)N(c2cccc(C(=O)O)c2)C1=O. The second-order valence-electron chi connectivity index (χ2n) is 6.03. The Morgan fingerprint density at radius 2 is 1.83 bits per heavy atom. The fraction of sp³-hybridized carbons (Fsp3) is 0.0500. The number of thiocarbonyl (C=S) groups is 1. The zero-order chi connectivity index (χ0) is 21.8. The van der Waals surface area contributed by atoms with Crippen molar-refractivity contribution < 1.29 is 34.1 Å². The number of ether oxygens (including phenoxy) is 1. The lowest BCUT2D eigenvalue weighted by Crippen LogP contribution is -2.54. The highest BCUT2D eigenvalue weighted by molar-refractivity contribution is 7.80. The molecule has 1 aliphatic heterocycles. The molecule has 152 valence electrons. The number of carbonyl (C=O) groups excluding carboxylic acids is 2. The maximum absolute atomic E-state index is 13.0. The van der Waals surface area contributed by atoms with Gasteiger partial charge < -0.3 is 14.9 Å². The van der Waals surface area contributed by atoms with E-state index >= 15 is 0 Å². The molecule has 0 saturated carbocycles. The maximum atomic E-state index is 13.0. The summed E-state index contributed by atoms with van der Waals surface area (Å²) in [5.74, 6) is -3.71. The normalized spacial score (nSPS) is 15.1. The highest BCUT2D eigenvalue weighted by atomic mass is 32.1. The van der Waals surface area contributed by atoms with Gasteiger partial charge in [0.05, 0.1) is 11.3 Å². The van der Waals surface area contributed by atoms with E-state index in [1.165, 1.54) is 36.4 Å². The summed E-state index contributed by atoms with van der Waals surface area (Å²) in [5, 5.41) is 20.2. The van der Waals surface area contributed by atoms with Crippen LogP contribution in [0.5, 0.6) is 5.75 Å². The van der Waals surface area contributed by atoms with Crippen LogP contribution in [0.1, 0.15) is 15.9 Å². The number of hydrogen-bond donors (Lipinski definition) is 3. The number of aromatic carboxylic acids is 1. The van der Waals surface area contributed by atoms with Crippen molar-refractivity contribution in [2.24, 2.45) is 0 Å². The molecule has 3 N–H and O–H groups in total. The first-order valence-corrected chi connectivity index (χ1v) is 8.87. The minimum atomic E-state index is -1.18. The fourth-order valence-corrected chi connectivity index (χ4v) is 2.98. The number of benzene rings is 2. The van der Waals surface area contributed by atoms with Gasteiger partial charge in [-0.15, -0.1) is 0 Å². The summed E-state index contributed by atoms with van der Waals surface area (Å²) in [7, 11) is 0. The molecule has 2 amide bonds. The Balaban J connectivity index is 2.00. The van der Waals surface area contributed by atoms with Gasteiger partial charge in [0.2, 0.25) is 0 Å². The van der Waals surface area contributed by atoms with Crippen LogP contribution in [0, 0.1) is 0 Å². The van der Waals surface area contributed by atoms with Crippen molar-refractivity contribution in [3.8, 4) is 5.75 Å². The molecule has 10 heteroatoms. The highest BCUT2D eigenvalue weighted by Gasteiger charge is 2.35. The predicted molar refractivity (Wildman–Crippen MR) is 109 cm³/mol. The van der Waals surface area contributed by atoms with Crippen LogP contribution in [0.2, 0.25) is 0 Å². The van der Waals surface area contributed by atoms with Crippen LogP contribution < -0.4 is 15.0 Å². The number of hydrogen-bond acceptors (Lipinski definition) is 6. The number of para-hydroxylation sites is 1. The van der Waals surface area contributed by atoms with Gasteiger partial charge in [0, 0.05) is 5.56 Å². The summed E-state index contributed by atoms with van der Waals surface area (Å²) in [6.07, 6.45) is 1.25. The first kappa shape index (κ1) is 20.7. The molecule has 0 aromatic heterocycles. The Morgan fingerprint density at radius 1 is 1.10 bits per heavy atom. The van der Waals surface area contributed by atoms with Gasteiger partial charge in [-0.05, 0) is 42.6 Å². The van der Waals surface area contributed by atoms with E-state index in [0.29, 0.717) is 5.56 Å². The predicted octanol–water partition coefficient (Wildman–Crippen LogP) is 1.68. The second kappa shape index (κ2) is 8.53. The van der Waals surface area contributed by atoms with Gasteiger partial charge in [-0.25, -0.2) is 9.59 Å². The number of aliphatic carboxylic acids is 1. The number of anilines is 1. The lowest BCUT2D eigenvalue weighted by Gasteiger charge is -2.29. The summed E-state index contributed by atoms with van der Waals surface area (Å²) in [4.78, 5) is 48.5. The molecule has 0 bridgehead atoms. The van der Waals surface area contributed by atoms with E-state index in [9.17, 15) is 24.3 Å². The van der Waals surface area contributed by atoms with Gasteiger partial charge in [-0.2, -0.15) is 0 Å². The van der Waals surface area contributed by atoms with Crippen LogP contribution in [-0.2, 0) is 14.4 Å². The Bertz CT molecular complexity index is 1110. The van der Waals surface area contributed by atoms with Gasteiger partial charge >= 0.3 is 11.9 Å². The molecule has 1 heterocycles. The van der Waals surface area contributed by atoms with Crippen molar-refractivity contribution in [1.29, 1.82) is 0 Å². The van der Waals surface area contributed by atoms with Gasteiger partial charge in [-0.1, -0.05) is 24.3 Å². The zero-order valence-electron chi connectivity index (χ0n) is 15.2. The molecule has 30 heavy (non-hydrogen) atoms. The molecular weight excluding hydrogens is 412 g/mol. The third-order valence-electron chi connectivity index (χ3n) is 4.02. The summed E-state index contributed by atoms with van der Waals surface area (Å²) in [5.41, 5.74) is 0.143. The quantitative estimate of drug-likeness (QED) is 0.361. The molecule has 1 aliphatic rings. The standard InChI is InChI=1S/C20H14N2O7S/c23-16(24)10-29-15-7-2-1-4-11(15)9-14-17(25)21-20(30)22(18(14)26)13-6-3-5-12(8-13)19(27)28/h1-9H,10H2,(H,23,24)(H,27,28)(H,21,25,30). The minimum absolute atomic E-state index is 0.0575. The van der Waals surface area contributed by atoms with E-state index in [1.807, 2.05) is 0 Å². The van der Waals surface area contributed by atoms with Crippen LogP contribution in [0.15, 0.2) is 54.1 Å². The largest absolute Gasteiger partial charge is 0.481 e. The van der Waals surface area contributed by atoms with E-state index in [-0.39, 0.29) is 27.7 Å². The highest BCUT2D eigenvalue weighted by Crippen LogP contribution is 2.26. The molecule has 0 atom stereocenters. The van der Waals surface area contributed by atoms with E-state index in [4.69, 9.17) is 22.1 Å². The van der Waals surface area contributed by atoms with Gasteiger partial charge in [0.15, 0.2) is 11.7 Å². The lowest BCUT2D eigenvalue weighted by molar-refractivity contribution is -0.139. The summed E-state index contributed by atoms with van der Waals surface area (Å²) in [6.45, 7) is -0.599. The lowest BCUT2D eigenvalue weighted by atomic mass is 10.1. The van der Waals surface area contributed by atoms with E-state index in [2.05, 4.69) is 5.32 Å². The third-order valence-corrected chi connectivity index (χ3v) is 4.31. The maximum Gasteiger partial charge on any atom is 0.341 e. The van der Waals surface area contributed by atoms with Crippen LogP contribution >= 0.6 is 12.2 Å². The molecule has 2 aromatic carbocycles. The molecule has 2 aromatic rings. The van der Waals surface area contributed by atoms with Crippen molar-refractivity contribution in [3.05, 3.63) is 65.2 Å². The van der Waals surface area contributed by atoms with Crippen LogP contribution in [-0.4, -0.2) is 45.7 Å². The number of carboxylic acids is 2. The molecule has 9 nitrogen and oxygen atoms in total. The molecule has 0 radical (unpaired) electrons. The number of carbonyl (C=O) groups is 4. The number of amides is 2. The van der Waals surface area contributed by atoms with Crippen LogP contribution in [0.4, 0.5) is 5.69 Å². The Kier molecular flexibility index (Phi) is 5.88. The first-order valence-electron chi connectivity index (χ1n) is 8.46. The van der Waals surface area contributed by atoms with E-state index in [1.54, 1.807) is 18.2 Å². The molecular formula is C20H14N2O7S. The second-order valence-corrected chi connectivity index (χ2v) is 6.42. The molecule has 0 unspecified atom stereocenters. The number of nitrogens with one attached hydrogen (secondary N) is 1. The Hall–Kier alpha value is -4.05. The molecule has 0 aliphatic carbocycles. The Labute approximate surface area is 175 Å². The Morgan fingerprint density at radius 3 is 2.53 bits per heavy atom. The molecule has 1 saturated heterocycles. The average Bonchev–Trinajstić information content (AvgIpc) is 2.70. The van der Waals surface area contributed by atoms with Crippen LogP contribution in [0.25, 0.3) is 6.08 Å². The van der Waals surface area contributed by atoms with Crippen molar-refractivity contribution in [2.75, 3.05) is 11.5 Å². The number of rotatable bonds is 6. The summed E-state index contributed by atoms with van der Waals surface area (Å²) < 4.78 is 5.19. The molecule has 1 fully saturated rings. The van der Waals surface area contributed by atoms with Gasteiger partial charge in [0.25, 0.3) is 11.8 Å². The molecule has 3 rings (SSSR count). The van der Waals surface area contributed by atoms with Gasteiger partial charge in [-0.3, -0.25) is 19.8 Å². The van der Waals surface area contributed by atoms with Crippen molar-refractivity contribution in [3.63, 3.8) is 0 Å². The molecule has 0 spiro atoms. The van der Waals surface area contributed by atoms with E-state index < -0.39 is 30.4 Å². The van der Waals surface area contributed by atoms with Crippen molar-refractivity contribution in [2.45, 2.75) is 0 Å². The van der Waals surface area contributed by atoms with Gasteiger partial charge in [0.1, 0.15) is 11.3 Å². The first-order chi connectivity index (χ1) is 14.3. The number of nitrogens with zero attached hydrogens (tertiary/aromatic N) is 1. The third kappa shape index (κ3) is 4.33. The smallest absolute Gasteiger partial charge is 0.341 e. The van der Waals surface area contributed by atoms with Crippen molar-refractivity contribution >= 4 is 52.8 Å². The monoisotopic (exact) mass is 426 g/mol. The van der Waals surface area contributed by atoms with Crippen molar-refractivity contribution in [1.82, 2.24) is 5.32 Å². The van der Waals surface area contributed by atoms with E-state index in [0.717, 1.165) is 4.90 Å². The summed E-state index contributed by atoms with van der Waals surface area (Å²) >= 11 is 5.09. The minimum Gasteiger partial charge on any atom is -0.481 e. The average molecular weight is 426 g/mol. The topological polar surface area (TPSA) is 133 Å². The fourth-order valence-electron chi connectivity index (χ4n) is 2.70.